The number of hydrogen-bond acceptors (Lipinski definition) is 2. The lowest BCUT2D eigenvalue weighted by Gasteiger charge is -2.57. The van der Waals surface area contributed by atoms with Gasteiger partial charge in [0.2, 0.25) is 7.58 Å². The standard InChI is InChI=1S/C9H21Cl2N2P2/c1-8(2,3)12-14(10)13(9(4,5)6)15(12,7)11/h1-7H3/q+1. The first-order valence-electron chi connectivity index (χ1n) is 5.03. The molecule has 0 aromatic carbocycles. The Hall–Kier alpha value is 1.36. The summed E-state index contributed by atoms with van der Waals surface area (Å²) in [6.45, 7) is 13.5. The van der Waals surface area contributed by atoms with E-state index in [1.165, 1.54) is 0 Å². The molecule has 1 saturated heterocycles. The third kappa shape index (κ3) is 2.46. The van der Waals surface area contributed by atoms with Crippen molar-refractivity contribution in [3.05, 3.63) is 0 Å². The Labute approximate surface area is 105 Å². The molecule has 90 valence electrons. The molecule has 1 fully saturated rings. The fraction of sp³-hybridized carbons (Fsp3) is 1.00. The molecule has 1 heterocycles. The van der Waals surface area contributed by atoms with Crippen molar-refractivity contribution in [2.24, 2.45) is 0 Å². The number of nitrogens with zero attached hydrogens (tertiary/aromatic N) is 2. The highest BCUT2D eigenvalue weighted by Gasteiger charge is 2.71. The van der Waals surface area contributed by atoms with Crippen molar-refractivity contribution in [1.29, 1.82) is 0 Å². The van der Waals surface area contributed by atoms with Crippen molar-refractivity contribution < 1.29 is 0 Å². The molecular weight excluding hydrogens is 269 g/mol. The van der Waals surface area contributed by atoms with Gasteiger partial charge in [0.15, 0.2) is 0 Å². The van der Waals surface area contributed by atoms with E-state index in [0.29, 0.717) is 0 Å². The molecule has 0 N–H and O–H groups in total. The van der Waals surface area contributed by atoms with Crippen molar-refractivity contribution in [3.8, 4) is 0 Å². The molecule has 0 amide bonds. The normalized spacial score (nSPS) is 35.4. The van der Waals surface area contributed by atoms with Gasteiger partial charge in [-0.3, -0.25) is 0 Å². The molecule has 0 saturated carbocycles. The molecule has 0 radical (unpaired) electrons. The van der Waals surface area contributed by atoms with Crippen LogP contribution in [-0.4, -0.2) is 26.6 Å². The largest absolute Gasteiger partial charge is 0.264 e. The molecule has 0 spiro atoms. The van der Waals surface area contributed by atoms with E-state index in [0.717, 1.165) is 0 Å². The van der Waals surface area contributed by atoms with Crippen molar-refractivity contribution >= 4 is 37.0 Å². The maximum atomic E-state index is 6.70. The Morgan fingerprint density at radius 1 is 0.933 bits per heavy atom. The maximum Gasteiger partial charge on any atom is 0.264 e. The Balaban J connectivity index is 2.96. The van der Waals surface area contributed by atoms with Crippen LogP contribution in [0, 0.1) is 0 Å². The minimum atomic E-state index is -1.70. The molecule has 15 heavy (non-hydrogen) atoms. The summed E-state index contributed by atoms with van der Waals surface area (Å²) in [5, 5.41) is 0. The second kappa shape index (κ2) is 3.94. The zero-order valence-corrected chi connectivity index (χ0v) is 13.8. The predicted molar refractivity (Wildman–Crippen MR) is 74.7 cm³/mol. The second-order valence-electron chi connectivity index (χ2n) is 5.97. The number of hydrogen-bond donors (Lipinski definition) is 0. The van der Waals surface area contributed by atoms with Crippen LogP contribution in [0.4, 0.5) is 0 Å². The van der Waals surface area contributed by atoms with Gasteiger partial charge in [0.25, 0.3) is 6.92 Å². The zero-order valence-electron chi connectivity index (χ0n) is 10.5. The molecule has 0 unspecified atom stereocenters. The fourth-order valence-electron chi connectivity index (χ4n) is 1.99. The van der Waals surface area contributed by atoms with E-state index in [4.69, 9.17) is 22.5 Å². The minimum absolute atomic E-state index is 0.0550. The van der Waals surface area contributed by atoms with E-state index >= 15 is 0 Å². The highest BCUT2D eigenvalue weighted by molar-refractivity contribution is 8.13. The maximum absolute atomic E-state index is 6.70. The van der Waals surface area contributed by atoms with Gasteiger partial charge in [-0.1, -0.05) is 20.1 Å². The molecule has 1 aliphatic heterocycles. The van der Waals surface area contributed by atoms with Gasteiger partial charge in [-0.2, -0.15) is 0 Å². The van der Waals surface area contributed by atoms with Gasteiger partial charge >= 0.3 is 0 Å². The third-order valence-corrected chi connectivity index (χ3v) is 12.8. The second-order valence-corrected chi connectivity index (χ2v) is 13.1. The molecule has 1 aliphatic rings. The summed E-state index contributed by atoms with van der Waals surface area (Å²) in [7, 11) is -0.752. The van der Waals surface area contributed by atoms with E-state index < -0.39 is 14.5 Å². The molecule has 6 heteroatoms. The lowest BCUT2D eigenvalue weighted by atomic mass is 10.1. The third-order valence-electron chi connectivity index (χ3n) is 2.20. The van der Waals surface area contributed by atoms with Gasteiger partial charge in [-0.05, 0) is 41.5 Å². The highest BCUT2D eigenvalue weighted by atomic mass is 35.7. The SMILES string of the molecule is CC(C)(C)N1P(Cl)N(C(C)(C)C)[P+]1(C)Cl. The zero-order chi connectivity index (χ0) is 12.2. The van der Waals surface area contributed by atoms with Gasteiger partial charge in [-0.25, -0.2) is 0 Å². The van der Waals surface area contributed by atoms with E-state index in [1.807, 2.05) is 0 Å². The van der Waals surface area contributed by atoms with Crippen LogP contribution in [0.15, 0.2) is 0 Å². The summed E-state index contributed by atoms with van der Waals surface area (Å²) in [4.78, 5) is 0. The van der Waals surface area contributed by atoms with Crippen LogP contribution in [-0.2, 0) is 0 Å². The van der Waals surface area contributed by atoms with Crippen LogP contribution in [0.25, 0.3) is 0 Å². The van der Waals surface area contributed by atoms with Crippen LogP contribution in [0.1, 0.15) is 41.5 Å². The molecule has 0 atom stereocenters. The molecular formula is C9H21Cl2N2P2+. The van der Waals surface area contributed by atoms with Crippen molar-refractivity contribution in [3.63, 3.8) is 0 Å². The van der Waals surface area contributed by atoms with Gasteiger partial charge < -0.3 is 0 Å². The van der Waals surface area contributed by atoms with Crippen LogP contribution in [0.2, 0.25) is 0 Å². The number of halogens is 2. The smallest absolute Gasteiger partial charge is 0.0888 e. The summed E-state index contributed by atoms with van der Waals surface area (Å²) in [6, 6.07) is 0. The Morgan fingerprint density at radius 2 is 1.20 bits per heavy atom. The fourth-order valence-corrected chi connectivity index (χ4v) is 15.0. The number of rotatable bonds is 0. The average Bonchev–Trinajstić information content (AvgIpc) is 1.74. The first kappa shape index (κ1) is 14.4. The van der Waals surface area contributed by atoms with Crippen LogP contribution >= 0.6 is 37.0 Å². The topological polar surface area (TPSA) is 6.48 Å². The predicted octanol–water partition coefficient (Wildman–Crippen LogP) is 5.30. The van der Waals surface area contributed by atoms with Gasteiger partial charge in [0, 0.05) is 0 Å². The lowest BCUT2D eigenvalue weighted by Crippen LogP contribution is -2.54. The summed E-state index contributed by atoms with van der Waals surface area (Å²) in [6.07, 6.45) is 0. The van der Waals surface area contributed by atoms with Gasteiger partial charge in [0.1, 0.15) is 11.2 Å². The summed E-state index contributed by atoms with van der Waals surface area (Å²) < 4.78 is 4.59. The van der Waals surface area contributed by atoms with Crippen molar-refractivity contribution in [2.75, 3.05) is 6.66 Å². The molecule has 0 aromatic heterocycles. The molecule has 2 nitrogen and oxygen atoms in total. The summed E-state index contributed by atoms with van der Waals surface area (Å²) in [5.74, 6) is 0. The Morgan fingerprint density at radius 3 is 1.33 bits per heavy atom. The quantitative estimate of drug-likeness (QED) is 0.559. The average molecular weight is 290 g/mol. The van der Waals surface area contributed by atoms with Gasteiger partial charge in [-0.15, -0.1) is 0 Å². The molecule has 0 aromatic rings. The van der Waals surface area contributed by atoms with Crippen molar-refractivity contribution in [2.45, 2.75) is 52.6 Å². The van der Waals surface area contributed by atoms with E-state index in [-0.39, 0.29) is 11.1 Å². The van der Waals surface area contributed by atoms with Gasteiger partial charge in [0.05, 0.1) is 17.7 Å². The first-order valence-corrected chi connectivity index (χ1v) is 10.2. The monoisotopic (exact) mass is 289 g/mol. The molecule has 0 bridgehead atoms. The molecule has 1 rings (SSSR count). The lowest BCUT2D eigenvalue weighted by molar-refractivity contribution is 0.287. The molecule has 0 aliphatic carbocycles. The van der Waals surface area contributed by atoms with Crippen LogP contribution in [0.5, 0.6) is 0 Å². The minimum Gasteiger partial charge on any atom is -0.0888 e. The first-order chi connectivity index (χ1) is 6.40. The van der Waals surface area contributed by atoms with E-state index in [1.54, 1.807) is 0 Å². The highest BCUT2D eigenvalue weighted by Crippen LogP contribution is 2.94. The summed E-state index contributed by atoms with van der Waals surface area (Å²) >= 11 is 13.2. The van der Waals surface area contributed by atoms with E-state index in [9.17, 15) is 0 Å². The van der Waals surface area contributed by atoms with Crippen LogP contribution < -0.4 is 0 Å². The summed E-state index contributed by atoms with van der Waals surface area (Å²) in [5.41, 5.74) is 0.110. The van der Waals surface area contributed by atoms with E-state index in [2.05, 4.69) is 57.1 Å². The van der Waals surface area contributed by atoms with Crippen molar-refractivity contribution in [1.82, 2.24) is 8.88 Å². The van der Waals surface area contributed by atoms with Crippen LogP contribution in [0.3, 0.4) is 0 Å². The Bertz CT molecular complexity index is 234. The Kier molecular flexibility index (Phi) is 3.79.